The Balaban J connectivity index is 2.14. The number of aromatic nitrogens is 4. The molecule has 0 fully saturated rings. The standard InChI is InChI=1S/C15H16N6/c1-9(2)12-8-14(21-16)20-15(19-12)10-3-4-11-13(7-10)18-6-5-17-11/h3-9H,16H2,1-2H3,(H,19,20,21). The molecule has 1 aromatic carbocycles. The summed E-state index contributed by atoms with van der Waals surface area (Å²) in [5, 5.41) is 0. The fourth-order valence-corrected chi connectivity index (χ4v) is 2.07. The molecule has 6 nitrogen and oxygen atoms in total. The molecule has 0 aliphatic rings. The molecule has 3 aromatic rings. The molecule has 0 radical (unpaired) electrons. The summed E-state index contributed by atoms with van der Waals surface area (Å²) in [7, 11) is 0. The second-order valence-corrected chi connectivity index (χ2v) is 5.06. The van der Waals surface area contributed by atoms with Crippen molar-refractivity contribution in [1.82, 2.24) is 19.9 Å². The van der Waals surface area contributed by atoms with Gasteiger partial charge in [-0.2, -0.15) is 0 Å². The van der Waals surface area contributed by atoms with Gasteiger partial charge in [-0.3, -0.25) is 9.97 Å². The highest BCUT2D eigenvalue weighted by atomic mass is 15.3. The lowest BCUT2D eigenvalue weighted by Gasteiger charge is -2.10. The van der Waals surface area contributed by atoms with E-state index in [4.69, 9.17) is 5.84 Å². The van der Waals surface area contributed by atoms with Gasteiger partial charge in [-0.05, 0) is 24.1 Å². The number of hydrazine groups is 1. The SMILES string of the molecule is CC(C)c1cc(NN)nc(-c2ccc3nccnc3c2)n1. The monoisotopic (exact) mass is 280 g/mol. The third kappa shape index (κ3) is 2.66. The first-order chi connectivity index (χ1) is 10.2. The Hall–Kier alpha value is -2.60. The predicted octanol–water partition coefficient (Wildman–Crippen LogP) is 2.50. The quantitative estimate of drug-likeness (QED) is 0.566. The average Bonchev–Trinajstić information content (AvgIpc) is 2.53. The van der Waals surface area contributed by atoms with Gasteiger partial charge in [-0.15, -0.1) is 0 Å². The van der Waals surface area contributed by atoms with E-state index in [2.05, 4.69) is 39.2 Å². The molecule has 2 aromatic heterocycles. The molecular weight excluding hydrogens is 264 g/mol. The predicted molar refractivity (Wildman–Crippen MR) is 82.5 cm³/mol. The topological polar surface area (TPSA) is 89.6 Å². The lowest BCUT2D eigenvalue weighted by Crippen LogP contribution is -2.11. The lowest BCUT2D eigenvalue weighted by atomic mass is 10.1. The molecule has 0 bridgehead atoms. The number of hydrogen-bond donors (Lipinski definition) is 2. The Kier molecular flexibility index (Phi) is 3.45. The van der Waals surface area contributed by atoms with Gasteiger partial charge in [0.15, 0.2) is 5.82 Å². The van der Waals surface area contributed by atoms with Crippen LogP contribution in [0.3, 0.4) is 0 Å². The molecule has 3 rings (SSSR count). The average molecular weight is 280 g/mol. The van der Waals surface area contributed by atoms with Crippen LogP contribution in [0.25, 0.3) is 22.4 Å². The minimum absolute atomic E-state index is 0.291. The molecule has 0 atom stereocenters. The highest BCUT2D eigenvalue weighted by Crippen LogP contribution is 2.23. The van der Waals surface area contributed by atoms with Gasteiger partial charge in [0.1, 0.15) is 5.82 Å². The second kappa shape index (κ2) is 5.41. The maximum absolute atomic E-state index is 5.49. The van der Waals surface area contributed by atoms with E-state index in [-0.39, 0.29) is 0 Å². The van der Waals surface area contributed by atoms with Crippen LogP contribution in [0.2, 0.25) is 0 Å². The molecular formula is C15H16N6. The van der Waals surface area contributed by atoms with Gasteiger partial charge in [0, 0.05) is 29.7 Å². The number of rotatable bonds is 3. The van der Waals surface area contributed by atoms with Crippen LogP contribution in [-0.4, -0.2) is 19.9 Å². The molecule has 0 saturated carbocycles. The second-order valence-electron chi connectivity index (χ2n) is 5.06. The van der Waals surface area contributed by atoms with Gasteiger partial charge >= 0.3 is 0 Å². The number of nitrogens with two attached hydrogens (primary N) is 1. The van der Waals surface area contributed by atoms with Crippen LogP contribution in [0.1, 0.15) is 25.5 Å². The molecule has 0 aliphatic carbocycles. The van der Waals surface area contributed by atoms with E-state index in [0.717, 1.165) is 22.3 Å². The number of benzene rings is 1. The van der Waals surface area contributed by atoms with Crippen molar-refractivity contribution in [3.63, 3.8) is 0 Å². The number of nitrogen functional groups attached to an aromatic ring is 1. The van der Waals surface area contributed by atoms with Gasteiger partial charge in [0.25, 0.3) is 0 Å². The fourth-order valence-electron chi connectivity index (χ4n) is 2.07. The van der Waals surface area contributed by atoms with Gasteiger partial charge in [-0.1, -0.05) is 13.8 Å². The Morgan fingerprint density at radius 3 is 2.48 bits per heavy atom. The van der Waals surface area contributed by atoms with Crippen molar-refractivity contribution < 1.29 is 0 Å². The fraction of sp³-hybridized carbons (Fsp3) is 0.200. The van der Waals surface area contributed by atoms with E-state index in [0.29, 0.717) is 17.6 Å². The van der Waals surface area contributed by atoms with Crippen molar-refractivity contribution in [3.05, 3.63) is 42.4 Å². The van der Waals surface area contributed by atoms with Crippen LogP contribution in [0.15, 0.2) is 36.7 Å². The molecule has 0 saturated heterocycles. The summed E-state index contributed by atoms with van der Waals surface area (Å²) in [6.07, 6.45) is 3.35. The Bertz CT molecular complexity index is 784. The normalized spacial score (nSPS) is 11.0. The van der Waals surface area contributed by atoms with E-state index >= 15 is 0 Å². The van der Waals surface area contributed by atoms with Crippen LogP contribution < -0.4 is 11.3 Å². The zero-order valence-corrected chi connectivity index (χ0v) is 11.9. The molecule has 2 heterocycles. The van der Waals surface area contributed by atoms with E-state index in [1.54, 1.807) is 12.4 Å². The van der Waals surface area contributed by atoms with E-state index in [1.807, 2.05) is 24.3 Å². The van der Waals surface area contributed by atoms with Crippen molar-refractivity contribution >= 4 is 16.9 Å². The summed E-state index contributed by atoms with van der Waals surface area (Å²) in [6, 6.07) is 7.65. The number of anilines is 1. The van der Waals surface area contributed by atoms with Gasteiger partial charge in [0.05, 0.1) is 11.0 Å². The van der Waals surface area contributed by atoms with Crippen LogP contribution >= 0.6 is 0 Å². The molecule has 21 heavy (non-hydrogen) atoms. The summed E-state index contributed by atoms with van der Waals surface area (Å²) < 4.78 is 0. The molecule has 6 heteroatoms. The van der Waals surface area contributed by atoms with Crippen molar-refractivity contribution in [1.29, 1.82) is 0 Å². The smallest absolute Gasteiger partial charge is 0.161 e. The Labute approximate surface area is 122 Å². The zero-order chi connectivity index (χ0) is 14.8. The number of nitrogens with zero attached hydrogens (tertiary/aromatic N) is 4. The van der Waals surface area contributed by atoms with Crippen molar-refractivity contribution in [2.24, 2.45) is 5.84 Å². The third-order valence-corrected chi connectivity index (χ3v) is 3.21. The van der Waals surface area contributed by atoms with E-state index in [9.17, 15) is 0 Å². The van der Waals surface area contributed by atoms with Gasteiger partial charge < -0.3 is 5.43 Å². The summed E-state index contributed by atoms with van der Waals surface area (Å²) in [5.74, 6) is 7.01. The van der Waals surface area contributed by atoms with Crippen LogP contribution in [0.4, 0.5) is 5.82 Å². The number of nitrogens with one attached hydrogen (secondary N) is 1. The largest absolute Gasteiger partial charge is 0.308 e. The minimum atomic E-state index is 0.291. The third-order valence-electron chi connectivity index (χ3n) is 3.21. The molecule has 0 aliphatic heterocycles. The van der Waals surface area contributed by atoms with E-state index < -0.39 is 0 Å². The summed E-state index contributed by atoms with van der Waals surface area (Å²) in [5.41, 5.74) is 6.08. The van der Waals surface area contributed by atoms with Crippen LogP contribution in [-0.2, 0) is 0 Å². The first kappa shape index (κ1) is 13.4. The molecule has 3 N–H and O–H groups in total. The molecule has 0 amide bonds. The zero-order valence-electron chi connectivity index (χ0n) is 11.9. The lowest BCUT2D eigenvalue weighted by molar-refractivity contribution is 0.817. The van der Waals surface area contributed by atoms with E-state index in [1.165, 1.54) is 0 Å². The minimum Gasteiger partial charge on any atom is -0.308 e. The Morgan fingerprint density at radius 1 is 1.00 bits per heavy atom. The maximum Gasteiger partial charge on any atom is 0.161 e. The van der Waals surface area contributed by atoms with Crippen LogP contribution in [0, 0.1) is 0 Å². The Morgan fingerprint density at radius 2 is 1.76 bits per heavy atom. The number of hydrogen-bond acceptors (Lipinski definition) is 6. The first-order valence-corrected chi connectivity index (χ1v) is 6.74. The molecule has 106 valence electrons. The van der Waals surface area contributed by atoms with Crippen LogP contribution in [0.5, 0.6) is 0 Å². The summed E-state index contributed by atoms with van der Waals surface area (Å²) in [4.78, 5) is 17.6. The summed E-state index contributed by atoms with van der Waals surface area (Å²) >= 11 is 0. The van der Waals surface area contributed by atoms with Crippen molar-refractivity contribution in [2.45, 2.75) is 19.8 Å². The van der Waals surface area contributed by atoms with Gasteiger partial charge in [-0.25, -0.2) is 15.8 Å². The molecule has 0 unspecified atom stereocenters. The highest BCUT2D eigenvalue weighted by Gasteiger charge is 2.10. The van der Waals surface area contributed by atoms with Gasteiger partial charge in [0.2, 0.25) is 0 Å². The first-order valence-electron chi connectivity index (χ1n) is 6.74. The van der Waals surface area contributed by atoms with Crippen molar-refractivity contribution in [3.8, 4) is 11.4 Å². The number of fused-ring (bicyclic) bond motifs is 1. The molecule has 0 spiro atoms. The summed E-state index contributed by atoms with van der Waals surface area (Å²) in [6.45, 7) is 4.16. The highest BCUT2D eigenvalue weighted by molar-refractivity contribution is 5.79. The van der Waals surface area contributed by atoms with Crippen molar-refractivity contribution in [2.75, 3.05) is 5.43 Å². The maximum atomic E-state index is 5.49.